The molecule has 1 aliphatic rings. The number of rotatable bonds is 3. The van der Waals surface area contributed by atoms with Gasteiger partial charge in [0.05, 0.1) is 24.3 Å². The Morgan fingerprint density at radius 1 is 1.68 bits per heavy atom. The van der Waals surface area contributed by atoms with Crippen LogP contribution in [0.25, 0.3) is 0 Å². The Labute approximate surface area is 116 Å². The number of amides is 1. The summed E-state index contributed by atoms with van der Waals surface area (Å²) in [6, 6.07) is 3.34. The Bertz CT molecular complexity index is 470. The molecule has 0 radical (unpaired) electrons. The van der Waals surface area contributed by atoms with Crippen molar-refractivity contribution < 1.29 is 14.6 Å². The summed E-state index contributed by atoms with van der Waals surface area (Å²) in [6.45, 7) is 1.11. The Hall–Kier alpha value is -1.37. The van der Waals surface area contributed by atoms with Gasteiger partial charge in [0, 0.05) is 20.1 Å². The highest BCUT2D eigenvalue weighted by molar-refractivity contribution is 6.33. The fourth-order valence-corrected chi connectivity index (χ4v) is 2.08. The summed E-state index contributed by atoms with van der Waals surface area (Å²) in [5.74, 6) is 0.337. The predicted molar refractivity (Wildman–Crippen MR) is 71.5 cm³/mol. The molecule has 1 amide bonds. The standard InChI is InChI=1S/C12H16ClN3O3/c1-14-10-3-2-9(13)11(15-10)12(18)16-4-5-19-8(6-16)7-17/h2-3,8,17H,4-7H2,1H3,(H,14,15). The largest absolute Gasteiger partial charge is 0.394 e. The molecule has 7 heteroatoms. The van der Waals surface area contributed by atoms with Gasteiger partial charge in [0.1, 0.15) is 11.5 Å². The number of anilines is 1. The van der Waals surface area contributed by atoms with Crippen molar-refractivity contribution in [3.63, 3.8) is 0 Å². The van der Waals surface area contributed by atoms with Crippen LogP contribution in [-0.4, -0.2) is 60.4 Å². The zero-order valence-corrected chi connectivity index (χ0v) is 11.4. The van der Waals surface area contributed by atoms with Crippen LogP contribution in [0.4, 0.5) is 5.82 Å². The quantitative estimate of drug-likeness (QED) is 0.851. The van der Waals surface area contributed by atoms with Gasteiger partial charge in [-0.3, -0.25) is 4.79 Å². The maximum Gasteiger partial charge on any atom is 0.274 e. The topological polar surface area (TPSA) is 74.7 Å². The lowest BCUT2D eigenvalue weighted by Crippen LogP contribution is -2.47. The lowest BCUT2D eigenvalue weighted by molar-refractivity contribution is -0.0448. The van der Waals surface area contributed by atoms with E-state index in [1.165, 1.54) is 0 Å². The number of halogens is 1. The monoisotopic (exact) mass is 285 g/mol. The van der Waals surface area contributed by atoms with Crippen molar-refractivity contribution >= 4 is 23.3 Å². The number of pyridine rings is 1. The first-order valence-electron chi connectivity index (χ1n) is 6.01. The van der Waals surface area contributed by atoms with Crippen LogP contribution in [-0.2, 0) is 4.74 Å². The number of hydrogen-bond donors (Lipinski definition) is 2. The van der Waals surface area contributed by atoms with Crippen LogP contribution in [0.15, 0.2) is 12.1 Å². The molecule has 2 N–H and O–H groups in total. The van der Waals surface area contributed by atoms with Crippen LogP contribution in [0.5, 0.6) is 0 Å². The number of aromatic nitrogens is 1. The smallest absolute Gasteiger partial charge is 0.274 e. The van der Waals surface area contributed by atoms with Crippen molar-refractivity contribution in [2.75, 3.05) is 38.7 Å². The van der Waals surface area contributed by atoms with Crippen LogP contribution in [0, 0.1) is 0 Å². The third kappa shape index (κ3) is 3.15. The molecule has 6 nitrogen and oxygen atoms in total. The summed E-state index contributed by atoms with van der Waals surface area (Å²) in [5.41, 5.74) is 0.215. The average Bonchev–Trinajstić information content (AvgIpc) is 2.47. The molecule has 19 heavy (non-hydrogen) atoms. The molecular weight excluding hydrogens is 270 g/mol. The van der Waals surface area contributed by atoms with Gasteiger partial charge < -0.3 is 20.1 Å². The van der Waals surface area contributed by atoms with Gasteiger partial charge in [-0.1, -0.05) is 11.6 Å². The Balaban J connectivity index is 2.18. The van der Waals surface area contributed by atoms with Gasteiger partial charge in [-0.15, -0.1) is 0 Å². The van der Waals surface area contributed by atoms with E-state index >= 15 is 0 Å². The number of carbonyl (C=O) groups excluding carboxylic acids is 1. The highest BCUT2D eigenvalue weighted by atomic mass is 35.5. The molecule has 1 saturated heterocycles. The molecule has 2 heterocycles. The number of aliphatic hydroxyl groups excluding tert-OH is 1. The Kier molecular flexibility index (Phi) is 4.57. The number of nitrogens with zero attached hydrogens (tertiary/aromatic N) is 2. The highest BCUT2D eigenvalue weighted by Crippen LogP contribution is 2.19. The van der Waals surface area contributed by atoms with Crippen molar-refractivity contribution in [3.05, 3.63) is 22.8 Å². The van der Waals surface area contributed by atoms with E-state index in [4.69, 9.17) is 21.4 Å². The predicted octanol–water partition coefficient (Wildman–Crippen LogP) is 0.610. The fourth-order valence-electron chi connectivity index (χ4n) is 1.90. The van der Waals surface area contributed by atoms with Gasteiger partial charge in [-0.05, 0) is 12.1 Å². The summed E-state index contributed by atoms with van der Waals surface area (Å²) >= 11 is 6.02. The van der Waals surface area contributed by atoms with Gasteiger partial charge in [0.25, 0.3) is 5.91 Å². The first-order valence-corrected chi connectivity index (χ1v) is 6.39. The molecule has 1 atom stereocenters. The molecule has 1 aromatic rings. The molecule has 0 saturated carbocycles. The summed E-state index contributed by atoms with van der Waals surface area (Å²) < 4.78 is 5.31. The van der Waals surface area contributed by atoms with Gasteiger partial charge in [-0.25, -0.2) is 4.98 Å². The molecule has 1 fully saturated rings. The van der Waals surface area contributed by atoms with Gasteiger partial charge in [-0.2, -0.15) is 0 Å². The first kappa shape index (κ1) is 14.0. The third-order valence-electron chi connectivity index (χ3n) is 2.93. The van der Waals surface area contributed by atoms with E-state index < -0.39 is 0 Å². The van der Waals surface area contributed by atoms with Crippen LogP contribution in [0.1, 0.15) is 10.5 Å². The minimum absolute atomic E-state index is 0.110. The lowest BCUT2D eigenvalue weighted by Gasteiger charge is -2.32. The van der Waals surface area contributed by atoms with E-state index in [-0.39, 0.29) is 24.3 Å². The Morgan fingerprint density at radius 3 is 3.16 bits per heavy atom. The zero-order valence-electron chi connectivity index (χ0n) is 10.6. The van der Waals surface area contributed by atoms with Crippen molar-refractivity contribution in [2.45, 2.75) is 6.10 Å². The van der Waals surface area contributed by atoms with E-state index in [0.29, 0.717) is 30.5 Å². The summed E-state index contributed by atoms with van der Waals surface area (Å²) in [7, 11) is 1.72. The maximum atomic E-state index is 12.4. The number of aliphatic hydroxyl groups is 1. The van der Waals surface area contributed by atoms with E-state index in [1.807, 2.05) is 0 Å². The molecule has 1 aromatic heterocycles. The Morgan fingerprint density at radius 2 is 2.47 bits per heavy atom. The molecule has 1 aliphatic heterocycles. The van der Waals surface area contributed by atoms with Crippen LogP contribution in [0.3, 0.4) is 0 Å². The molecule has 2 rings (SSSR count). The van der Waals surface area contributed by atoms with Crippen molar-refractivity contribution in [1.29, 1.82) is 0 Å². The number of carbonyl (C=O) groups is 1. The lowest BCUT2D eigenvalue weighted by atomic mass is 10.2. The van der Waals surface area contributed by atoms with Crippen LogP contribution in [0.2, 0.25) is 5.02 Å². The van der Waals surface area contributed by atoms with Crippen molar-refractivity contribution in [1.82, 2.24) is 9.88 Å². The number of morpholine rings is 1. The van der Waals surface area contributed by atoms with E-state index in [9.17, 15) is 4.79 Å². The highest BCUT2D eigenvalue weighted by Gasteiger charge is 2.26. The molecule has 1 unspecified atom stereocenters. The first-order chi connectivity index (χ1) is 9.15. The SMILES string of the molecule is CNc1ccc(Cl)c(C(=O)N2CCOC(CO)C2)n1. The number of ether oxygens (including phenoxy) is 1. The molecule has 0 aliphatic carbocycles. The molecule has 0 spiro atoms. The van der Waals surface area contributed by atoms with Gasteiger partial charge >= 0.3 is 0 Å². The molecule has 0 bridgehead atoms. The fraction of sp³-hybridized carbons (Fsp3) is 0.500. The van der Waals surface area contributed by atoms with Gasteiger partial charge in [0.15, 0.2) is 0 Å². The average molecular weight is 286 g/mol. The third-order valence-corrected chi connectivity index (χ3v) is 3.24. The second-order valence-electron chi connectivity index (χ2n) is 4.20. The van der Waals surface area contributed by atoms with Crippen LogP contribution >= 0.6 is 11.6 Å². The van der Waals surface area contributed by atoms with Crippen LogP contribution < -0.4 is 5.32 Å². The molecular formula is C12H16ClN3O3. The minimum Gasteiger partial charge on any atom is -0.394 e. The number of hydrogen-bond acceptors (Lipinski definition) is 5. The minimum atomic E-state index is -0.344. The molecule has 0 aromatic carbocycles. The maximum absolute atomic E-state index is 12.4. The summed E-state index contributed by atoms with van der Waals surface area (Å²) in [6.07, 6.45) is -0.344. The second kappa shape index (κ2) is 6.18. The summed E-state index contributed by atoms with van der Waals surface area (Å²) in [5, 5.41) is 12.3. The van der Waals surface area contributed by atoms with Crippen molar-refractivity contribution in [3.8, 4) is 0 Å². The second-order valence-corrected chi connectivity index (χ2v) is 4.61. The zero-order chi connectivity index (χ0) is 13.8. The normalized spacial score (nSPS) is 19.3. The van der Waals surface area contributed by atoms with Gasteiger partial charge in [0.2, 0.25) is 0 Å². The molecule has 104 valence electrons. The van der Waals surface area contributed by atoms with E-state index in [0.717, 1.165) is 0 Å². The van der Waals surface area contributed by atoms with E-state index in [2.05, 4.69) is 10.3 Å². The summed E-state index contributed by atoms with van der Waals surface area (Å²) in [4.78, 5) is 18.1. The van der Waals surface area contributed by atoms with E-state index in [1.54, 1.807) is 24.1 Å². The number of nitrogens with one attached hydrogen (secondary N) is 1. The van der Waals surface area contributed by atoms with Crippen molar-refractivity contribution in [2.24, 2.45) is 0 Å².